The zero-order chi connectivity index (χ0) is 39.3. The van der Waals surface area contributed by atoms with Gasteiger partial charge in [-0.15, -0.1) is 0 Å². The van der Waals surface area contributed by atoms with Gasteiger partial charge in [-0.2, -0.15) is 0 Å². The van der Waals surface area contributed by atoms with Crippen molar-refractivity contribution < 1.29 is 9.47 Å². The Balaban J connectivity index is 0.000000258. The van der Waals surface area contributed by atoms with Gasteiger partial charge < -0.3 is 9.47 Å². The maximum Gasteiger partial charge on any atom is 0.0973 e. The molecule has 0 aromatic heterocycles. The quantitative estimate of drug-likeness (QED) is 0.245. The Morgan fingerprint density at radius 2 is 0.529 bits per heavy atom. The Morgan fingerprint density at radius 3 is 0.745 bits per heavy atom. The second kappa shape index (κ2) is 12.4. The van der Waals surface area contributed by atoms with Gasteiger partial charge in [0.15, 0.2) is 0 Å². The van der Waals surface area contributed by atoms with Crippen molar-refractivity contribution in [2.75, 3.05) is 0 Å². The van der Waals surface area contributed by atoms with E-state index in [1.165, 1.54) is 66.8 Å². The van der Waals surface area contributed by atoms with Crippen LogP contribution in [0.3, 0.4) is 0 Å². The summed E-state index contributed by atoms with van der Waals surface area (Å²) in [5, 5.41) is 0. The molecule has 2 fully saturated rings. The predicted octanol–water partition coefficient (Wildman–Crippen LogP) is 14.9. The molecule has 2 aliphatic heterocycles. The highest BCUT2D eigenvalue weighted by Gasteiger charge is 2.78. The number of halogens is 2. The first-order valence-corrected chi connectivity index (χ1v) is 25.2. The Labute approximate surface area is 339 Å². The van der Waals surface area contributed by atoms with E-state index in [2.05, 4.69) is 203 Å². The molecule has 0 saturated carbocycles. The number of rotatable bonds is 0. The highest BCUT2D eigenvalue weighted by atomic mass is 128. The largest absolute Gasteiger partial charge is 0.363 e. The van der Waals surface area contributed by atoms with Crippen molar-refractivity contribution in [3.8, 4) is 0 Å². The minimum absolute atomic E-state index is 0. The Bertz CT molecular complexity index is 1640. The highest BCUT2D eigenvalue weighted by molar-refractivity contribution is 15.0. The molecule has 2 aliphatic carbocycles. The molecule has 4 bridgehead atoms. The van der Waals surface area contributed by atoms with E-state index in [9.17, 15) is 0 Å². The second-order valence-electron chi connectivity index (χ2n) is 20.5. The van der Waals surface area contributed by atoms with Crippen LogP contribution in [0.25, 0.3) is 0 Å². The van der Waals surface area contributed by atoms with E-state index in [0.717, 1.165) is 0 Å². The highest BCUT2D eigenvalue weighted by Crippen LogP contribution is 2.78. The maximum absolute atomic E-state index is 6.97. The van der Waals surface area contributed by atoms with E-state index in [1.54, 1.807) is 0 Å². The van der Waals surface area contributed by atoms with Crippen LogP contribution in [0.15, 0.2) is 0 Å². The van der Waals surface area contributed by atoms with Crippen molar-refractivity contribution in [2.24, 2.45) is 21.7 Å². The van der Waals surface area contributed by atoms with Crippen molar-refractivity contribution in [2.45, 2.75) is 207 Å². The summed E-state index contributed by atoms with van der Waals surface area (Å²) in [5.74, 6) is 0. The minimum Gasteiger partial charge on any atom is -0.363 e. The molecule has 2 aromatic rings. The van der Waals surface area contributed by atoms with Crippen molar-refractivity contribution in [1.82, 2.24) is 0 Å². The number of ether oxygens (including phenoxy) is 2. The maximum atomic E-state index is 6.97. The molecule has 2 saturated heterocycles. The van der Waals surface area contributed by atoms with Gasteiger partial charge in [-0.3, -0.25) is 0 Å². The fourth-order valence-corrected chi connectivity index (χ4v) is 13.6. The van der Waals surface area contributed by atoms with Gasteiger partial charge in [0.1, 0.15) is 0 Å². The third kappa shape index (κ3) is 4.69. The van der Waals surface area contributed by atoms with Crippen LogP contribution in [-0.2, 0) is 31.5 Å². The number of benzene rings is 2. The van der Waals surface area contributed by atoms with Crippen molar-refractivity contribution >= 4 is 37.2 Å². The Kier molecular flexibility index (Phi) is 11.0. The molecule has 0 amide bonds. The van der Waals surface area contributed by atoms with E-state index in [4.69, 9.17) is 9.47 Å². The summed E-state index contributed by atoms with van der Waals surface area (Å²) < 4.78 is 13.9. The van der Waals surface area contributed by atoms with E-state index >= 15 is 0 Å². The average molecular weight is 927 g/mol. The summed E-state index contributed by atoms with van der Waals surface area (Å²) in [5.41, 5.74) is 16.9. The van der Waals surface area contributed by atoms with Crippen LogP contribution >= 0.6 is 37.2 Å². The normalized spacial score (nSPS) is 33.1. The lowest BCUT2D eigenvalue weighted by Crippen LogP contribution is -2.61. The summed E-state index contributed by atoms with van der Waals surface area (Å²) in [6.07, 6.45) is 0. The molecule has 0 spiro atoms. The third-order valence-electron chi connectivity index (χ3n) is 18.3. The second-order valence-corrected chi connectivity index (χ2v) is 20.5. The lowest BCUT2D eigenvalue weighted by Gasteiger charge is -2.61. The molecule has 0 N–H and O–H groups in total. The van der Waals surface area contributed by atoms with E-state index in [0.29, 0.717) is 0 Å². The standard InChI is InChI=1S/2C23H36O.CH4.I2/c2*1-13-14(2)16(4)18-17(15(13)3)19(5,6)23(12)20(7,8)22(18,11)24-21(23,9)10;;1-2/h2*1-12H3;1H4;/t22-,23+;;;/m0.../s1. The minimum atomic E-state index is -0.261. The molecular weight excluding hydrogens is 850 g/mol. The van der Waals surface area contributed by atoms with Gasteiger partial charge in [-0.1, -0.05) is 76.7 Å². The first-order valence-electron chi connectivity index (χ1n) is 19.0. The van der Waals surface area contributed by atoms with Crippen molar-refractivity contribution in [3.63, 3.8) is 0 Å². The van der Waals surface area contributed by atoms with Crippen LogP contribution in [0.1, 0.15) is 185 Å². The first-order chi connectivity index (χ1) is 22.2. The SMILES string of the molecule is C.Cc1c(C)c(C)c2c(c1C)C(C)(C)C1(C)C(C)(C)OC2(C)C1(C)C.Cc1c(C)c(C)c2c(c1C)C(C)(C)[C@@]1(C)C(C)(C)O[C@]2(C)C1(C)C.II. The zero-order valence-electron chi connectivity index (χ0n) is 36.6. The lowest BCUT2D eigenvalue weighted by atomic mass is 9.40. The number of hydrogen-bond acceptors (Lipinski definition) is 2. The number of hydrogen-bond donors (Lipinski definition) is 0. The topological polar surface area (TPSA) is 18.5 Å². The smallest absolute Gasteiger partial charge is 0.0973 e. The van der Waals surface area contributed by atoms with Crippen molar-refractivity contribution in [3.05, 3.63) is 66.8 Å². The molecule has 2 unspecified atom stereocenters. The first kappa shape index (κ1) is 45.2. The fourth-order valence-electron chi connectivity index (χ4n) is 13.6. The summed E-state index contributed by atoms with van der Waals surface area (Å²) in [6.45, 7) is 56.7. The molecule has 2 nitrogen and oxygen atoms in total. The summed E-state index contributed by atoms with van der Waals surface area (Å²) >= 11 is 4.24. The van der Waals surface area contributed by atoms with Gasteiger partial charge in [0.25, 0.3) is 0 Å². The van der Waals surface area contributed by atoms with Gasteiger partial charge in [-0.25, -0.2) is 0 Å². The zero-order valence-corrected chi connectivity index (χ0v) is 40.9. The lowest BCUT2D eigenvalue weighted by molar-refractivity contribution is -0.110. The van der Waals surface area contributed by atoms with Crippen LogP contribution in [0.5, 0.6) is 0 Å². The van der Waals surface area contributed by atoms with E-state index in [1.807, 2.05) is 0 Å². The van der Waals surface area contributed by atoms with Crippen LogP contribution < -0.4 is 0 Å². The Hall–Kier alpha value is -0.180. The van der Waals surface area contributed by atoms with Gasteiger partial charge >= 0.3 is 0 Å². The van der Waals surface area contributed by atoms with Gasteiger partial charge in [0.2, 0.25) is 0 Å². The fraction of sp³-hybridized carbons (Fsp3) is 0.745. The molecule has 4 atom stereocenters. The van der Waals surface area contributed by atoms with E-state index in [-0.39, 0.29) is 62.3 Å². The van der Waals surface area contributed by atoms with Crippen LogP contribution in [0.2, 0.25) is 0 Å². The summed E-state index contributed by atoms with van der Waals surface area (Å²) in [4.78, 5) is 0. The molecule has 4 aliphatic rings. The van der Waals surface area contributed by atoms with Gasteiger partial charge in [0, 0.05) is 58.9 Å². The monoisotopic (exact) mass is 926 g/mol. The summed E-state index contributed by atoms with van der Waals surface area (Å²) in [6, 6.07) is 0. The van der Waals surface area contributed by atoms with Crippen LogP contribution in [-0.4, -0.2) is 11.2 Å². The molecule has 51 heavy (non-hydrogen) atoms. The average Bonchev–Trinajstić information content (AvgIpc) is 3.14. The summed E-state index contributed by atoms with van der Waals surface area (Å²) in [7, 11) is 0. The molecule has 0 radical (unpaired) electrons. The molecule has 4 heteroatoms. The van der Waals surface area contributed by atoms with Crippen LogP contribution in [0.4, 0.5) is 0 Å². The number of fused-ring (bicyclic) bond motifs is 8. The predicted molar refractivity (Wildman–Crippen MR) is 240 cm³/mol. The van der Waals surface area contributed by atoms with Gasteiger partial charge in [0.05, 0.1) is 22.4 Å². The van der Waals surface area contributed by atoms with Crippen molar-refractivity contribution in [1.29, 1.82) is 0 Å². The molecule has 2 heterocycles. The van der Waals surface area contributed by atoms with E-state index < -0.39 is 0 Å². The third-order valence-corrected chi connectivity index (χ3v) is 18.3. The van der Waals surface area contributed by atoms with Gasteiger partial charge in [-0.05, 0) is 175 Å². The molecular formula is C47H76I2O2. The molecule has 6 rings (SSSR count). The molecule has 290 valence electrons. The van der Waals surface area contributed by atoms with Crippen LogP contribution in [0, 0.1) is 77.0 Å². The molecule has 2 aromatic carbocycles. The Morgan fingerprint density at radius 1 is 0.333 bits per heavy atom.